The highest BCUT2D eigenvalue weighted by atomic mass is 19.3. The Bertz CT molecular complexity index is 1000. The van der Waals surface area contributed by atoms with Crippen LogP contribution in [-0.4, -0.2) is 38.4 Å². The van der Waals surface area contributed by atoms with Crippen molar-refractivity contribution in [2.24, 2.45) is 0 Å². The summed E-state index contributed by atoms with van der Waals surface area (Å²) in [4.78, 5) is 25.2. The quantitative estimate of drug-likeness (QED) is 0.535. The maximum absolute atomic E-state index is 14.7. The molecular weight excluding hydrogens is 421 g/mol. The van der Waals surface area contributed by atoms with Crippen LogP contribution < -0.4 is 14.4 Å². The van der Waals surface area contributed by atoms with Crippen LogP contribution in [0.3, 0.4) is 0 Å². The van der Waals surface area contributed by atoms with E-state index in [9.17, 15) is 31.5 Å². The van der Waals surface area contributed by atoms with Crippen LogP contribution in [0.25, 0.3) is 0 Å². The first-order valence-electron chi connectivity index (χ1n) is 8.04. The lowest BCUT2D eigenvalue weighted by Crippen LogP contribution is -2.52. The Hall–Kier alpha value is -3.57. The first-order chi connectivity index (χ1) is 14.0. The smallest absolute Gasteiger partial charge is 0.465 e. The SMILES string of the molecule is COC(=O)C1=C(C(=O)OC)N(c2cc3c(cc2F)OC(F)(F)C(F)(F)O3)C=CC=C1. The van der Waals surface area contributed by atoms with Gasteiger partial charge in [0.1, 0.15) is 5.70 Å². The lowest BCUT2D eigenvalue weighted by atomic mass is 10.1. The number of allylic oxidation sites excluding steroid dienone is 2. The van der Waals surface area contributed by atoms with Gasteiger partial charge in [0.2, 0.25) is 0 Å². The molecule has 0 amide bonds. The van der Waals surface area contributed by atoms with Crippen molar-refractivity contribution in [3.05, 3.63) is 53.6 Å². The van der Waals surface area contributed by atoms with Crippen molar-refractivity contribution in [3.63, 3.8) is 0 Å². The van der Waals surface area contributed by atoms with Crippen molar-refractivity contribution in [2.75, 3.05) is 19.1 Å². The van der Waals surface area contributed by atoms with E-state index in [4.69, 9.17) is 0 Å². The molecule has 0 fully saturated rings. The van der Waals surface area contributed by atoms with Gasteiger partial charge in [0.05, 0.1) is 25.5 Å². The van der Waals surface area contributed by atoms with Crippen molar-refractivity contribution in [3.8, 4) is 11.5 Å². The normalized spacial score (nSPS) is 18.7. The second-order valence-corrected chi connectivity index (χ2v) is 5.80. The summed E-state index contributed by atoms with van der Waals surface area (Å²) < 4.78 is 85.5. The van der Waals surface area contributed by atoms with Crippen molar-refractivity contribution in [2.45, 2.75) is 12.2 Å². The summed E-state index contributed by atoms with van der Waals surface area (Å²) in [6.45, 7) is 0. The molecule has 0 saturated carbocycles. The van der Waals surface area contributed by atoms with Gasteiger partial charge in [0, 0.05) is 18.3 Å². The molecule has 0 aliphatic carbocycles. The first-order valence-corrected chi connectivity index (χ1v) is 8.04. The maximum atomic E-state index is 14.7. The molecule has 0 atom stereocenters. The van der Waals surface area contributed by atoms with Gasteiger partial charge in [-0.3, -0.25) is 0 Å². The van der Waals surface area contributed by atoms with Crippen LogP contribution in [0.5, 0.6) is 11.5 Å². The highest BCUT2D eigenvalue weighted by Gasteiger charge is 2.66. The summed E-state index contributed by atoms with van der Waals surface area (Å²) >= 11 is 0. The molecule has 12 heteroatoms. The molecule has 2 aliphatic heterocycles. The molecule has 1 aromatic carbocycles. The minimum Gasteiger partial charge on any atom is -0.465 e. The number of methoxy groups -OCH3 is 2. The van der Waals surface area contributed by atoms with Gasteiger partial charge in [0.15, 0.2) is 17.3 Å². The third-order valence-corrected chi connectivity index (χ3v) is 3.98. The van der Waals surface area contributed by atoms with E-state index >= 15 is 0 Å². The van der Waals surface area contributed by atoms with Crippen LogP contribution >= 0.6 is 0 Å². The molecule has 0 unspecified atom stereocenters. The minimum absolute atomic E-state index is 0.347. The minimum atomic E-state index is -5.04. The third kappa shape index (κ3) is 3.44. The molecule has 30 heavy (non-hydrogen) atoms. The molecule has 2 heterocycles. The standard InChI is InChI=1S/C18H12F5NO6/c1-27-15(25)9-5-3-4-6-24(14(9)16(26)28-2)11-8-13-12(7-10(11)19)29-17(20,21)18(22,23)30-13/h3-8H,1-2H3. The molecule has 0 bridgehead atoms. The van der Waals surface area contributed by atoms with Crippen LogP contribution in [0.4, 0.5) is 27.6 Å². The second kappa shape index (κ2) is 7.35. The fourth-order valence-electron chi connectivity index (χ4n) is 2.61. The van der Waals surface area contributed by atoms with Gasteiger partial charge in [-0.15, -0.1) is 0 Å². The van der Waals surface area contributed by atoms with Crippen molar-refractivity contribution >= 4 is 17.6 Å². The van der Waals surface area contributed by atoms with E-state index in [1.54, 1.807) is 0 Å². The predicted octanol–water partition coefficient (Wildman–Crippen LogP) is 3.27. The number of anilines is 1. The zero-order chi connectivity index (χ0) is 22.3. The maximum Gasteiger partial charge on any atom is 0.507 e. The number of hydrogen-bond acceptors (Lipinski definition) is 7. The average Bonchev–Trinajstić information content (AvgIpc) is 2.90. The molecule has 7 nitrogen and oxygen atoms in total. The lowest BCUT2D eigenvalue weighted by Gasteiger charge is -2.33. The number of benzene rings is 1. The largest absolute Gasteiger partial charge is 0.507 e. The molecule has 2 aliphatic rings. The Morgan fingerprint density at radius 3 is 2.07 bits per heavy atom. The van der Waals surface area contributed by atoms with Crippen molar-refractivity contribution < 1.29 is 50.5 Å². The van der Waals surface area contributed by atoms with E-state index in [0.717, 1.165) is 25.3 Å². The zero-order valence-electron chi connectivity index (χ0n) is 15.3. The van der Waals surface area contributed by atoms with Crippen LogP contribution in [0.2, 0.25) is 0 Å². The summed E-state index contributed by atoms with van der Waals surface area (Å²) in [5, 5.41) is 0. The van der Waals surface area contributed by atoms with E-state index in [-0.39, 0.29) is 5.57 Å². The van der Waals surface area contributed by atoms with E-state index in [0.29, 0.717) is 12.1 Å². The Morgan fingerprint density at radius 1 is 0.933 bits per heavy atom. The van der Waals surface area contributed by atoms with Crippen LogP contribution in [-0.2, 0) is 19.1 Å². The van der Waals surface area contributed by atoms with Gasteiger partial charge in [-0.05, 0) is 12.2 Å². The number of carbonyl (C=O) groups excluding carboxylic acids is 2. The number of rotatable bonds is 3. The molecule has 0 spiro atoms. The molecule has 1 aromatic rings. The number of hydrogen-bond donors (Lipinski definition) is 0. The number of esters is 2. The van der Waals surface area contributed by atoms with Crippen LogP contribution in [0.1, 0.15) is 0 Å². The van der Waals surface area contributed by atoms with E-state index in [2.05, 4.69) is 18.9 Å². The van der Waals surface area contributed by atoms with Crippen LogP contribution in [0, 0.1) is 5.82 Å². The average molecular weight is 433 g/mol. The zero-order valence-corrected chi connectivity index (χ0v) is 15.3. The summed E-state index contributed by atoms with van der Waals surface area (Å²) in [6.07, 6.45) is -5.17. The molecule has 0 saturated heterocycles. The van der Waals surface area contributed by atoms with Gasteiger partial charge in [-0.25, -0.2) is 14.0 Å². The second-order valence-electron chi connectivity index (χ2n) is 5.80. The Balaban J connectivity index is 2.19. The lowest BCUT2D eigenvalue weighted by molar-refractivity contribution is -0.391. The van der Waals surface area contributed by atoms with Crippen LogP contribution in [0.15, 0.2) is 47.8 Å². The van der Waals surface area contributed by atoms with Gasteiger partial charge >= 0.3 is 24.2 Å². The van der Waals surface area contributed by atoms with E-state index < -0.39 is 52.9 Å². The van der Waals surface area contributed by atoms with Gasteiger partial charge in [0.25, 0.3) is 0 Å². The van der Waals surface area contributed by atoms with Gasteiger partial charge in [-0.2, -0.15) is 17.6 Å². The number of alkyl halides is 4. The molecule has 160 valence electrons. The van der Waals surface area contributed by atoms with Crippen molar-refractivity contribution in [1.29, 1.82) is 0 Å². The Labute approximate surface area is 165 Å². The van der Waals surface area contributed by atoms with E-state index in [1.807, 2.05) is 0 Å². The predicted molar refractivity (Wildman–Crippen MR) is 89.4 cm³/mol. The Morgan fingerprint density at radius 2 is 1.50 bits per heavy atom. The monoisotopic (exact) mass is 433 g/mol. The fourth-order valence-corrected chi connectivity index (χ4v) is 2.61. The fraction of sp³-hybridized carbons (Fsp3) is 0.222. The molecule has 0 radical (unpaired) electrons. The molecule has 0 aromatic heterocycles. The Kier molecular flexibility index (Phi) is 5.18. The van der Waals surface area contributed by atoms with Crippen molar-refractivity contribution in [1.82, 2.24) is 0 Å². The summed E-state index contributed by atoms with van der Waals surface area (Å²) in [5.41, 5.74) is -1.47. The highest BCUT2D eigenvalue weighted by molar-refractivity contribution is 6.05. The number of fused-ring (bicyclic) bond motifs is 1. The molecule has 3 rings (SSSR count). The van der Waals surface area contributed by atoms with E-state index in [1.165, 1.54) is 18.2 Å². The summed E-state index contributed by atoms with van der Waals surface area (Å²) in [6, 6.07) is 0.994. The number of nitrogens with zero attached hydrogens (tertiary/aromatic N) is 1. The topological polar surface area (TPSA) is 74.3 Å². The molecule has 0 N–H and O–H groups in total. The third-order valence-electron chi connectivity index (χ3n) is 3.98. The highest BCUT2D eigenvalue weighted by Crippen LogP contribution is 2.49. The number of carbonyl (C=O) groups is 2. The van der Waals surface area contributed by atoms with Gasteiger partial charge in [-0.1, -0.05) is 6.08 Å². The number of ether oxygens (including phenoxy) is 4. The summed E-state index contributed by atoms with van der Waals surface area (Å²) in [5.74, 6) is -5.24. The molecular formula is C18H12F5NO6. The number of halogens is 5. The van der Waals surface area contributed by atoms with Gasteiger partial charge < -0.3 is 23.8 Å². The first kappa shape index (κ1) is 21.1. The summed E-state index contributed by atoms with van der Waals surface area (Å²) in [7, 11) is 2.02.